The first kappa shape index (κ1) is 14.2. The number of aromatic nitrogens is 1. The minimum Gasteiger partial charge on any atom is -0.356 e. The zero-order valence-corrected chi connectivity index (χ0v) is 11.4. The normalized spacial score (nSPS) is 12.2. The molecule has 6 heteroatoms. The maximum atomic E-state index is 11.8. The Hall–Kier alpha value is -0.850. The molecular weight excluding hydrogens is 238 g/mol. The van der Waals surface area contributed by atoms with Crippen molar-refractivity contribution >= 4 is 10.0 Å². The van der Waals surface area contributed by atoms with Crippen molar-refractivity contribution in [2.75, 3.05) is 13.1 Å². The van der Waals surface area contributed by atoms with Gasteiger partial charge in [0.15, 0.2) is 0 Å². The lowest BCUT2D eigenvalue weighted by Crippen LogP contribution is -2.29. The third-order valence-corrected chi connectivity index (χ3v) is 3.76. The van der Waals surface area contributed by atoms with E-state index < -0.39 is 10.0 Å². The van der Waals surface area contributed by atoms with Gasteiger partial charge in [0.2, 0.25) is 10.0 Å². The quantitative estimate of drug-likeness (QED) is 0.708. The van der Waals surface area contributed by atoms with E-state index in [4.69, 9.17) is 0 Å². The van der Waals surface area contributed by atoms with Crippen LogP contribution in [0.25, 0.3) is 0 Å². The lowest BCUT2D eigenvalue weighted by molar-refractivity contribution is 0.554. The van der Waals surface area contributed by atoms with E-state index >= 15 is 0 Å². The first-order chi connectivity index (χ1) is 7.92. The Kier molecular flexibility index (Phi) is 5.17. The van der Waals surface area contributed by atoms with Crippen LogP contribution in [0.4, 0.5) is 0 Å². The molecule has 17 heavy (non-hydrogen) atoms. The second-order valence-corrected chi connectivity index (χ2v) is 6.14. The highest BCUT2D eigenvalue weighted by Gasteiger charge is 2.13. The summed E-state index contributed by atoms with van der Waals surface area (Å²) < 4.78 is 27.9. The molecular formula is C11H21N3O2S. The molecule has 98 valence electrons. The summed E-state index contributed by atoms with van der Waals surface area (Å²) in [5.74, 6) is 0. The van der Waals surface area contributed by atoms with Crippen molar-refractivity contribution in [3.8, 4) is 0 Å². The van der Waals surface area contributed by atoms with E-state index in [1.807, 2.05) is 0 Å². The Bertz CT molecular complexity index is 437. The van der Waals surface area contributed by atoms with Crippen molar-refractivity contribution in [1.82, 2.24) is 14.6 Å². The van der Waals surface area contributed by atoms with E-state index in [0.29, 0.717) is 17.5 Å². The van der Waals surface area contributed by atoms with Gasteiger partial charge in [-0.05, 0) is 19.0 Å². The molecule has 0 aliphatic rings. The molecule has 0 radical (unpaired) electrons. The molecule has 0 aliphatic heterocycles. The van der Waals surface area contributed by atoms with Crippen molar-refractivity contribution in [3.63, 3.8) is 0 Å². The van der Waals surface area contributed by atoms with Gasteiger partial charge in [-0.2, -0.15) is 0 Å². The Morgan fingerprint density at radius 2 is 2.06 bits per heavy atom. The van der Waals surface area contributed by atoms with Gasteiger partial charge < -0.3 is 9.88 Å². The van der Waals surface area contributed by atoms with Gasteiger partial charge in [-0.3, -0.25) is 0 Å². The van der Waals surface area contributed by atoms with E-state index in [-0.39, 0.29) is 0 Å². The lowest BCUT2D eigenvalue weighted by atomic mass is 10.3. The van der Waals surface area contributed by atoms with Gasteiger partial charge >= 0.3 is 0 Å². The van der Waals surface area contributed by atoms with Crippen LogP contribution in [0.3, 0.4) is 0 Å². The van der Waals surface area contributed by atoms with Gasteiger partial charge in [0.1, 0.15) is 0 Å². The van der Waals surface area contributed by atoms with Crippen molar-refractivity contribution in [2.24, 2.45) is 7.05 Å². The van der Waals surface area contributed by atoms with Crippen molar-refractivity contribution in [2.45, 2.75) is 31.2 Å². The minimum atomic E-state index is -3.34. The molecule has 0 fully saturated rings. The van der Waals surface area contributed by atoms with Gasteiger partial charge in [0.05, 0.1) is 4.90 Å². The molecule has 0 unspecified atom stereocenters. The SMILES string of the molecule is CC(C)NCCCNS(=O)(=O)c1ccn(C)c1. The van der Waals surface area contributed by atoms with Crippen molar-refractivity contribution in [1.29, 1.82) is 0 Å². The smallest absolute Gasteiger partial charge is 0.242 e. The van der Waals surface area contributed by atoms with E-state index in [2.05, 4.69) is 23.9 Å². The molecule has 0 saturated carbocycles. The molecule has 1 heterocycles. The molecule has 0 aromatic carbocycles. The van der Waals surface area contributed by atoms with Crippen molar-refractivity contribution in [3.05, 3.63) is 18.5 Å². The standard InChI is InChI=1S/C11H21N3O2S/c1-10(2)12-6-4-7-13-17(15,16)11-5-8-14(3)9-11/h5,8-10,12-13H,4,6-7H2,1-3H3. The highest BCUT2D eigenvalue weighted by Crippen LogP contribution is 2.07. The maximum Gasteiger partial charge on any atom is 0.242 e. The number of rotatable bonds is 7. The topological polar surface area (TPSA) is 63.1 Å². The fourth-order valence-electron chi connectivity index (χ4n) is 1.41. The summed E-state index contributed by atoms with van der Waals surface area (Å²) in [6.07, 6.45) is 4.09. The molecule has 0 atom stereocenters. The second kappa shape index (κ2) is 6.18. The highest BCUT2D eigenvalue weighted by molar-refractivity contribution is 7.89. The van der Waals surface area contributed by atoms with E-state index in [1.54, 1.807) is 30.1 Å². The summed E-state index contributed by atoms with van der Waals surface area (Å²) in [7, 11) is -1.54. The summed E-state index contributed by atoms with van der Waals surface area (Å²) in [6, 6.07) is 2.02. The zero-order valence-electron chi connectivity index (χ0n) is 10.6. The monoisotopic (exact) mass is 259 g/mol. The third kappa shape index (κ3) is 4.89. The van der Waals surface area contributed by atoms with Crippen LogP contribution in [-0.4, -0.2) is 32.1 Å². The number of nitrogens with zero attached hydrogens (tertiary/aromatic N) is 1. The molecule has 0 aliphatic carbocycles. The van der Waals surface area contributed by atoms with E-state index in [9.17, 15) is 8.42 Å². The summed E-state index contributed by atoms with van der Waals surface area (Å²) in [4.78, 5) is 0.316. The minimum absolute atomic E-state index is 0.316. The number of hydrogen-bond donors (Lipinski definition) is 2. The zero-order chi connectivity index (χ0) is 12.9. The van der Waals surface area contributed by atoms with Crippen LogP contribution in [-0.2, 0) is 17.1 Å². The Labute approximate surface area is 103 Å². The van der Waals surface area contributed by atoms with Crippen LogP contribution in [0.15, 0.2) is 23.4 Å². The average molecular weight is 259 g/mol. The van der Waals surface area contributed by atoms with Crippen LogP contribution in [0.5, 0.6) is 0 Å². The molecule has 0 spiro atoms. The average Bonchev–Trinajstić information content (AvgIpc) is 2.64. The molecule has 1 aromatic rings. The molecule has 0 saturated heterocycles. The Morgan fingerprint density at radius 1 is 1.35 bits per heavy atom. The van der Waals surface area contributed by atoms with Crippen LogP contribution in [0, 0.1) is 0 Å². The number of hydrogen-bond acceptors (Lipinski definition) is 3. The van der Waals surface area contributed by atoms with E-state index in [0.717, 1.165) is 13.0 Å². The number of aryl methyl sites for hydroxylation is 1. The molecule has 1 aromatic heterocycles. The van der Waals surface area contributed by atoms with Gasteiger partial charge in [-0.25, -0.2) is 13.1 Å². The summed E-state index contributed by atoms with van der Waals surface area (Å²) in [6.45, 7) is 5.40. The third-order valence-electron chi connectivity index (χ3n) is 2.31. The molecule has 0 amide bonds. The van der Waals surface area contributed by atoms with Crippen LogP contribution in [0.2, 0.25) is 0 Å². The first-order valence-corrected chi connectivity index (χ1v) is 7.25. The molecule has 0 bridgehead atoms. The molecule has 1 rings (SSSR count). The summed E-state index contributed by atoms with van der Waals surface area (Å²) in [5.41, 5.74) is 0. The Balaban J connectivity index is 2.36. The fraction of sp³-hybridized carbons (Fsp3) is 0.636. The number of nitrogens with one attached hydrogen (secondary N) is 2. The van der Waals surface area contributed by atoms with Gasteiger partial charge in [-0.15, -0.1) is 0 Å². The van der Waals surface area contributed by atoms with Gasteiger partial charge in [0, 0.05) is 32.0 Å². The predicted molar refractivity (Wildman–Crippen MR) is 68.4 cm³/mol. The van der Waals surface area contributed by atoms with Crippen LogP contribution < -0.4 is 10.0 Å². The van der Waals surface area contributed by atoms with Gasteiger partial charge in [-0.1, -0.05) is 13.8 Å². The molecule has 2 N–H and O–H groups in total. The number of sulfonamides is 1. The highest BCUT2D eigenvalue weighted by atomic mass is 32.2. The lowest BCUT2D eigenvalue weighted by Gasteiger charge is -2.08. The van der Waals surface area contributed by atoms with Crippen LogP contribution in [0.1, 0.15) is 20.3 Å². The fourth-order valence-corrected chi connectivity index (χ4v) is 2.53. The summed E-state index contributed by atoms with van der Waals surface area (Å²) in [5, 5.41) is 3.24. The predicted octanol–water partition coefficient (Wildman–Crippen LogP) is 0.691. The van der Waals surface area contributed by atoms with Gasteiger partial charge in [0.25, 0.3) is 0 Å². The maximum absolute atomic E-state index is 11.8. The summed E-state index contributed by atoms with van der Waals surface area (Å²) >= 11 is 0. The first-order valence-electron chi connectivity index (χ1n) is 5.77. The Morgan fingerprint density at radius 3 is 2.59 bits per heavy atom. The second-order valence-electron chi connectivity index (χ2n) is 4.37. The molecule has 5 nitrogen and oxygen atoms in total. The van der Waals surface area contributed by atoms with Crippen molar-refractivity contribution < 1.29 is 8.42 Å². The van der Waals surface area contributed by atoms with Crippen LogP contribution >= 0.6 is 0 Å². The largest absolute Gasteiger partial charge is 0.356 e. The van der Waals surface area contributed by atoms with E-state index in [1.165, 1.54) is 0 Å².